The van der Waals surface area contributed by atoms with Crippen molar-refractivity contribution < 1.29 is 28.7 Å². The van der Waals surface area contributed by atoms with Gasteiger partial charge in [0.05, 0.1) is 23.3 Å². The van der Waals surface area contributed by atoms with Gasteiger partial charge in [-0.1, -0.05) is 62.4 Å². The van der Waals surface area contributed by atoms with Crippen LogP contribution in [0.1, 0.15) is 101 Å². The number of amides is 4. The van der Waals surface area contributed by atoms with Gasteiger partial charge in [-0.2, -0.15) is 0 Å². The summed E-state index contributed by atoms with van der Waals surface area (Å²) in [7, 11) is 3.30. The number of hydrogen-bond donors (Lipinski definition) is 2. The lowest BCUT2D eigenvalue weighted by molar-refractivity contribution is -0.126. The molecule has 2 aromatic rings. The number of nitrogens with zero attached hydrogens (tertiary/aromatic N) is 2. The van der Waals surface area contributed by atoms with E-state index in [9.17, 15) is 19.2 Å². The molecule has 0 spiro atoms. The molecular weight excluding hydrogens is 632 g/mol. The van der Waals surface area contributed by atoms with E-state index in [-0.39, 0.29) is 47.9 Å². The number of hydrogen-bond acceptors (Lipinski definition) is 6. The van der Waals surface area contributed by atoms with Gasteiger partial charge in [0.15, 0.2) is 0 Å². The first-order chi connectivity index (χ1) is 23.9. The van der Waals surface area contributed by atoms with Crippen LogP contribution in [0.5, 0.6) is 11.5 Å². The van der Waals surface area contributed by atoms with Crippen molar-refractivity contribution >= 4 is 23.6 Å². The molecule has 0 aromatic heterocycles. The molecule has 2 aromatic carbocycles. The number of nitrogens with one attached hydrogen (secondary N) is 2. The Morgan fingerprint density at radius 2 is 0.920 bits per heavy atom. The summed E-state index contributed by atoms with van der Waals surface area (Å²) in [5, 5.41) is 6.08. The number of rotatable bonds is 2. The number of ether oxygens (including phenoxy) is 2. The van der Waals surface area contributed by atoms with E-state index in [1.165, 1.54) is 9.80 Å². The van der Waals surface area contributed by atoms with Gasteiger partial charge >= 0.3 is 0 Å². The van der Waals surface area contributed by atoms with E-state index in [2.05, 4.69) is 34.9 Å². The van der Waals surface area contributed by atoms with Gasteiger partial charge < -0.3 is 29.9 Å². The standard InChI is InChI=1S/2C20H28N2O3/c2*1-5-16-11-7-6-10-14(2)25-18-13-9-8-12-17(18)20(24)22(4)15(3)19(23)21-16/h2*6-9,12-16H,5,10-11H2,1-4H3,(H,21,23)/b7-6+;7-6-/t2*14-,15+,16-/m00/s1. The molecule has 50 heavy (non-hydrogen) atoms. The number of para-hydroxylation sites is 2. The molecule has 4 amide bonds. The summed E-state index contributed by atoms with van der Waals surface area (Å²) in [6, 6.07) is 13.4. The normalized spacial score (nSPS) is 26.9. The van der Waals surface area contributed by atoms with Gasteiger partial charge in [-0.15, -0.1) is 0 Å². The van der Waals surface area contributed by atoms with Crippen molar-refractivity contribution in [2.24, 2.45) is 0 Å². The Balaban J connectivity index is 0.000000270. The molecule has 2 heterocycles. The van der Waals surface area contributed by atoms with Crippen molar-refractivity contribution in [3.8, 4) is 11.5 Å². The molecule has 0 radical (unpaired) electrons. The van der Waals surface area contributed by atoms with Gasteiger partial charge in [0, 0.05) is 39.0 Å². The number of likely N-dealkylation sites (N-methyl/N-ethyl adjacent to an activating group) is 2. The fourth-order valence-electron chi connectivity index (χ4n) is 5.50. The van der Waals surface area contributed by atoms with Crippen molar-refractivity contribution in [1.82, 2.24) is 20.4 Å². The number of carbonyl (C=O) groups excluding carboxylic acids is 4. The molecule has 0 aliphatic carbocycles. The van der Waals surface area contributed by atoms with E-state index < -0.39 is 12.1 Å². The molecule has 0 fully saturated rings. The Morgan fingerprint density at radius 3 is 1.28 bits per heavy atom. The Bertz CT molecular complexity index is 1390. The van der Waals surface area contributed by atoms with E-state index in [1.807, 2.05) is 39.8 Å². The Kier molecular flexibility index (Phi) is 15.6. The van der Waals surface area contributed by atoms with Gasteiger partial charge in [-0.05, 0) is 77.6 Å². The molecule has 0 unspecified atom stereocenters. The molecular formula is C40H56N4O6. The third-order valence-electron chi connectivity index (χ3n) is 9.24. The van der Waals surface area contributed by atoms with Crippen LogP contribution in [0.3, 0.4) is 0 Å². The van der Waals surface area contributed by atoms with Crippen molar-refractivity contribution in [3.05, 3.63) is 84.0 Å². The molecule has 0 saturated heterocycles. The van der Waals surface area contributed by atoms with Crippen molar-refractivity contribution in [3.63, 3.8) is 0 Å². The highest BCUT2D eigenvalue weighted by molar-refractivity contribution is 6.00. The van der Waals surface area contributed by atoms with Crippen LogP contribution in [0.4, 0.5) is 0 Å². The number of carbonyl (C=O) groups is 4. The van der Waals surface area contributed by atoms with Crippen LogP contribution in [0.15, 0.2) is 72.8 Å². The Morgan fingerprint density at radius 1 is 0.580 bits per heavy atom. The minimum atomic E-state index is -0.557. The van der Waals surface area contributed by atoms with Crippen molar-refractivity contribution in [1.29, 1.82) is 0 Å². The monoisotopic (exact) mass is 688 g/mol. The molecule has 0 bridgehead atoms. The first-order valence-corrected chi connectivity index (χ1v) is 17.8. The maximum atomic E-state index is 12.9. The highest BCUT2D eigenvalue weighted by atomic mass is 16.5. The van der Waals surface area contributed by atoms with Crippen molar-refractivity contribution in [2.45, 2.75) is 116 Å². The smallest absolute Gasteiger partial charge is 0.258 e. The number of fused-ring (bicyclic) bond motifs is 2. The first-order valence-electron chi connectivity index (χ1n) is 17.8. The third-order valence-corrected chi connectivity index (χ3v) is 9.24. The average Bonchev–Trinajstić information content (AvgIpc) is 3.12. The second-order valence-electron chi connectivity index (χ2n) is 13.1. The lowest BCUT2D eigenvalue weighted by Crippen LogP contribution is -2.48. The maximum Gasteiger partial charge on any atom is 0.258 e. The molecule has 6 atom stereocenters. The first kappa shape index (κ1) is 39.8. The zero-order chi connectivity index (χ0) is 36.8. The summed E-state index contributed by atoms with van der Waals surface area (Å²) in [5.41, 5.74) is 0.953. The van der Waals surface area contributed by atoms with Crippen LogP contribution in [-0.4, -0.2) is 83.9 Å². The van der Waals surface area contributed by atoms with Crippen LogP contribution in [0.25, 0.3) is 0 Å². The lowest BCUT2D eigenvalue weighted by atomic mass is 10.1. The Labute approximate surface area is 298 Å². The second kappa shape index (κ2) is 19.6. The summed E-state index contributed by atoms with van der Waals surface area (Å²) < 4.78 is 12.0. The van der Waals surface area contributed by atoms with E-state index in [4.69, 9.17) is 9.47 Å². The topological polar surface area (TPSA) is 117 Å². The average molecular weight is 689 g/mol. The van der Waals surface area contributed by atoms with Gasteiger partial charge in [-0.3, -0.25) is 19.2 Å². The third kappa shape index (κ3) is 11.2. The molecule has 0 saturated carbocycles. The van der Waals surface area contributed by atoms with Gasteiger partial charge in [0.2, 0.25) is 11.8 Å². The molecule has 2 aliphatic rings. The molecule has 10 nitrogen and oxygen atoms in total. The highest BCUT2D eigenvalue weighted by Gasteiger charge is 2.28. The maximum absolute atomic E-state index is 12.9. The molecule has 4 rings (SSSR count). The predicted octanol–water partition coefficient (Wildman–Crippen LogP) is 6.32. The van der Waals surface area contributed by atoms with Gasteiger partial charge in [0.1, 0.15) is 23.6 Å². The molecule has 2 N–H and O–H groups in total. The van der Waals surface area contributed by atoms with Gasteiger partial charge in [-0.25, -0.2) is 0 Å². The quantitative estimate of drug-likeness (QED) is 0.357. The van der Waals surface area contributed by atoms with Gasteiger partial charge in [0.25, 0.3) is 11.8 Å². The number of benzene rings is 2. The lowest BCUT2D eigenvalue weighted by Gasteiger charge is -2.27. The fourth-order valence-corrected chi connectivity index (χ4v) is 5.50. The zero-order valence-corrected chi connectivity index (χ0v) is 31.0. The fraction of sp³-hybridized carbons (Fsp3) is 0.500. The zero-order valence-electron chi connectivity index (χ0n) is 31.0. The summed E-state index contributed by atoms with van der Waals surface area (Å²) in [6.45, 7) is 11.6. The van der Waals surface area contributed by atoms with E-state index in [0.29, 0.717) is 22.6 Å². The van der Waals surface area contributed by atoms with Crippen LogP contribution >= 0.6 is 0 Å². The minimum absolute atomic E-state index is 0.0365. The van der Waals surface area contributed by atoms with Crippen LogP contribution < -0.4 is 20.1 Å². The minimum Gasteiger partial charge on any atom is -0.490 e. The largest absolute Gasteiger partial charge is 0.490 e. The Hall–Kier alpha value is -4.60. The molecule has 10 heteroatoms. The summed E-state index contributed by atoms with van der Waals surface area (Å²) in [5.74, 6) is 0.393. The van der Waals surface area contributed by atoms with Crippen molar-refractivity contribution in [2.75, 3.05) is 14.1 Å². The van der Waals surface area contributed by atoms with E-state index in [0.717, 1.165) is 38.5 Å². The summed E-state index contributed by atoms with van der Waals surface area (Å²) in [4.78, 5) is 53.7. The van der Waals surface area contributed by atoms with E-state index >= 15 is 0 Å². The SMILES string of the molecule is CC[C@H]1C/C=C/C[C@H](C)Oc2ccccc2C(=O)N(C)[C@H](C)C(=O)N1.CC[C@H]1C/C=C\C[C@H](C)Oc2ccccc2C(=O)N(C)[C@H](C)C(=O)N1. The summed E-state index contributed by atoms with van der Waals surface area (Å²) in [6.07, 6.45) is 13.0. The molecule has 2 aliphatic heterocycles. The second-order valence-corrected chi connectivity index (χ2v) is 13.1. The van der Waals surface area contributed by atoms with E-state index in [1.54, 1.807) is 64.3 Å². The van der Waals surface area contributed by atoms with Crippen LogP contribution in [-0.2, 0) is 9.59 Å². The predicted molar refractivity (Wildman–Crippen MR) is 197 cm³/mol. The van der Waals surface area contributed by atoms with Crippen LogP contribution in [0, 0.1) is 0 Å². The highest BCUT2D eigenvalue weighted by Crippen LogP contribution is 2.24. The van der Waals surface area contributed by atoms with Crippen LogP contribution in [0.2, 0.25) is 0 Å². The summed E-state index contributed by atoms with van der Waals surface area (Å²) >= 11 is 0. The molecule has 272 valence electrons.